The van der Waals surface area contributed by atoms with Crippen molar-refractivity contribution in [2.75, 3.05) is 12.4 Å². The molecular weight excluding hydrogens is 354 g/mol. The zero-order chi connectivity index (χ0) is 15.9. The van der Waals surface area contributed by atoms with Crippen LogP contribution >= 0.6 is 15.9 Å². The highest BCUT2D eigenvalue weighted by atomic mass is 79.9. The van der Waals surface area contributed by atoms with Crippen LogP contribution in [0.4, 0.5) is 5.82 Å². The van der Waals surface area contributed by atoms with E-state index in [0.717, 1.165) is 32.1 Å². The minimum Gasteiger partial charge on any atom is -0.372 e. The predicted molar refractivity (Wildman–Crippen MR) is 90.0 cm³/mol. The quantitative estimate of drug-likeness (QED) is 0.690. The van der Waals surface area contributed by atoms with Gasteiger partial charge in [0.1, 0.15) is 10.7 Å². The van der Waals surface area contributed by atoms with E-state index in [-0.39, 0.29) is 10.9 Å². The number of sulfonamides is 1. The summed E-state index contributed by atoms with van der Waals surface area (Å²) < 4.78 is 28.7. The average molecular weight is 378 g/mol. The molecule has 0 saturated carbocycles. The lowest BCUT2D eigenvalue weighted by atomic mass is 10.1. The molecule has 1 atom stereocenters. The van der Waals surface area contributed by atoms with E-state index in [1.54, 1.807) is 19.3 Å². The van der Waals surface area contributed by atoms with E-state index in [9.17, 15) is 8.42 Å². The van der Waals surface area contributed by atoms with Crippen molar-refractivity contribution in [2.45, 2.75) is 56.9 Å². The van der Waals surface area contributed by atoms with Crippen LogP contribution in [-0.4, -0.2) is 26.5 Å². The molecule has 0 aliphatic heterocycles. The normalized spacial score (nSPS) is 13.1. The van der Waals surface area contributed by atoms with E-state index in [2.05, 4.69) is 44.8 Å². The van der Waals surface area contributed by atoms with Gasteiger partial charge in [0, 0.05) is 23.8 Å². The summed E-state index contributed by atoms with van der Waals surface area (Å²) in [5, 5.41) is 2.83. The third-order valence-electron chi connectivity index (χ3n) is 3.21. The van der Waals surface area contributed by atoms with Crippen molar-refractivity contribution in [2.24, 2.45) is 0 Å². The van der Waals surface area contributed by atoms with E-state index in [0.29, 0.717) is 10.3 Å². The molecule has 1 unspecified atom stereocenters. The number of hydrogen-bond acceptors (Lipinski definition) is 4. The van der Waals surface area contributed by atoms with Crippen LogP contribution < -0.4 is 10.0 Å². The Labute approximate surface area is 136 Å². The molecule has 0 aliphatic rings. The third kappa shape index (κ3) is 5.56. The minimum atomic E-state index is -3.58. The molecule has 0 saturated heterocycles. The summed E-state index contributed by atoms with van der Waals surface area (Å²) in [5.41, 5.74) is 0. The van der Waals surface area contributed by atoms with E-state index >= 15 is 0 Å². The number of hydrogen-bond donors (Lipinski definition) is 2. The number of halogens is 1. The van der Waals surface area contributed by atoms with Gasteiger partial charge in [-0.05, 0) is 34.8 Å². The minimum absolute atomic E-state index is 0.0244. The molecular formula is C14H24BrN3O2S. The second-order valence-corrected chi connectivity index (χ2v) is 7.60. The van der Waals surface area contributed by atoms with Gasteiger partial charge >= 0.3 is 0 Å². The van der Waals surface area contributed by atoms with Crippen molar-refractivity contribution in [3.8, 4) is 0 Å². The van der Waals surface area contributed by atoms with Gasteiger partial charge in [0.05, 0.1) is 0 Å². The summed E-state index contributed by atoms with van der Waals surface area (Å²) in [4.78, 5) is 4.28. The molecule has 1 rings (SSSR count). The highest BCUT2D eigenvalue weighted by Crippen LogP contribution is 2.23. The first-order chi connectivity index (χ1) is 9.94. The summed E-state index contributed by atoms with van der Waals surface area (Å²) in [5.74, 6) is 0.358. The monoisotopic (exact) mass is 377 g/mol. The Balaban J connectivity index is 3.00. The van der Waals surface area contributed by atoms with Crippen molar-refractivity contribution in [3.63, 3.8) is 0 Å². The van der Waals surface area contributed by atoms with Crippen LogP contribution in [0, 0.1) is 0 Å². The Morgan fingerprint density at radius 1 is 1.29 bits per heavy atom. The number of unbranched alkanes of at least 4 members (excludes halogenated alkanes) is 1. The maximum absolute atomic E-state index is 12.6. The Morgan fingerprint density at radius 3 is 2.57 bits per heavy atom. The molecule has 2 N–H and O–H groups in total. The largest absolute Gasteiger partial charge is 0.372 e. The van der Waals surface area contributed by atoms with Gasteiger partial charge in [0.15, 0.2) is 0 Å². The summed E-state index contributed by atoms with van der Waals surface area (Å²) >= 11 is 3.27. The number of anilines is 1. The second-order valence-electron chi connectivity index (χ2n) is 5.00. The average Bonchev–Trinajstić information content (AvgIpc) is 2.44. The number of nitrogens with one attached hydrogen (secondary N) is 2. The molecule has 0 radical (unpaired) electrons. The SMILES string of the molecule is CCCCC(CCC)NS(=O)(=O)c1cc(Br)cnc1NC. The van der Waals surface area contributed by atoms with Gasteiger partial charge in [-0.15, -0.1) is 0 Å². The van der Waals surface area contributed by atoms with Gasteiger partial charge in [0.25, 0.3) is 0 Å². The molecule has 0 fully saturated rings. The molecule has 0 amide bonds. The first-order valence-electron chi connectivity index (χ1n) is 7.30. The van der Waals surface area contributed by atoms with E-state index in [1.807, 2.05) is 0 Å². The summed E-state index contributed by atoms with van der Waals surface area (Å²) in [6, 6.07) is 1.55. The fraction of sp³-hybridized carbons (Fsp3) is 0.643. The zero-order valence-corrected chi connectivity index (χ0v) is 15.2. The lowest BCUT2D eigenvalue weighted by Gasteiger charge is -2.19. The van der Waals surface area contributed by atoms with E-state index < -0.39 is 10.0 Å². The number of nitrogens with zero attached hydrogens (tertiary/aromatic N) is 1. The molecule has 0 spiro atoms. The predicted octanol–water partition coefficient (Wildman–Crippen LogP) is 3.52. The molecule has 0 bridgehead atoms. The van der Waals surface area contributed by atoms with Gasteiger partial charge in [-0.2, -0.15) is 0 Å². The Morgan fingerprint density at radius 2 is 2.00 bits per heavy atom. The molecule has 1 aromatic rings. The third-order valence-corrected chi connectivity index (χ3v) is 5.18. The van der Waals surface area contributed by atoms with Crippen LogP contribution in [0.25, 0.3) is 0 Å². The lowest BCUT2D eigenvalue weighted by molar-refractivity contribution is 0.483. The smallest absolute Gasteiger partial charge is 0.244 e. The maximum atomic E-state index is 12.6. The molecule has 1 aromatic heterocycles. The van der Waals surface area contributed by atoms with Gasteiger partial charge in [-0.3, -0.25) is 0 Å². The van der Waals surface area contributed by atoms with Crippen LogP contribution in [0.1, 0.15) is 46.0 Å². The number of rotatable bonds is 9. The maximum Gasteiger partial charge on any atom is 0.244 e. The van der Waals surface area contributed by atoms with Gasteiger partial charge in [0.2, 0.25) is 10.0 Å². The van der Waals surface area contributed by atoms with Crippen molar-refractivity contribution < 1.29 is 8.42 Å². The van der Waals surface area contributed by atoms with Gasteiger partial charge < -0.3 is 5.32 Å². The molecule has 0 aromatic carbocycles. The van der Waals surface area contributed by atoms with Crippen LogP contribution in [-0.2, 0) is 10.0 Å². The molecule has 120 valence electrons. The summed E-state index contributed by atoms with van der Waals surface area (Å²) in [6.45, 7) is 4.17. The Hall–Kier alpha value is -0.660. The Bertz CT molecular complexity index is 549. The number of pyridine rings is 1. The van der Waals surface area contributed by atoms with Crippen LogP contribution in [0.3, 0.4) is 0 Å². The highest BCUT2D eigenvalue weighted by Gasteiger charge is 2.23. The van der Waals surface area contributed by atoms with E-state index in [4.69, 9.17) is 0 Å². The molecule has 5 nitrogen and oxygen atoms in total. The van der Waals surface area contributed by atoms with Gasteiger partial charge in [-0.1, -0.05) is 33.1 Å². The van der Waals surface area contributed by atoms with Crippen LogP contribution in [0.2, 0.25) is 0 Å². The van der Waals surface area contributed by atoms with Crippen LogP contribution in [0.15, 0.2) is 21.6 Å². The fourth-order valence-corrected chi connectivity index (χ4v) is 4.13. The zero-order valence-electron chi connectivity index (χ0n) is 12.8. The van der Waals surface area contributed by atoms with Gasteiger partial charge in [-0.25, -0.2) is 18.1 Å². The number of aromatic nitrogens is 1. The molecule has 21 heavy (non-hydrogen) atoms. The van der Waals surface area contributed by atoms with E-state index in [1.165, 1.54) is 0 Å². The van der Waals surface area contributed by atoms with Crippen molar-refractivity contribution >= 4 is 31.8 Å². The topological polar surface area (TPSA) is 71.1 Å². The first kappa shape index (κ1) is 18.4. The highest BCUT2D eigenvalue weighted by molar-refractivity contribution is 9.10. The lowest BCUT2D eigenvalue weighted by Crippen LogP contribution is -2.35. The summed E-state index contributed by atoms with van der Waals surface area (Å²) in [6.07, 6.45) is 6.30. The standard InChI is InChI=1S/C14H24BrN3O2S/c1-4-6-8-12(7-5-2)18-21(19,20)13-9-11(15)10-17-14(13)16-3/h9-10,12,18H,4-8H2,1-3H3,(H,16,17). The van der Waals surface area contributed by atoms with Crippen LogP contribution in [0.5, 0.6) is 0 Å². The van der Waals surface area contributed by atoms with Crippen molar-refractivity contribution in [3.05, 3.63) is 16.7 Å². The molecule has 7 heteroatoms. The first-order valence-corrected chi connectivity index (χ1v) is 9.57. The molecule has 0 aliphatic carbocycles. The molecule has 1 heterocycles. The van der Waals surface area contributed by atoms with Crippen molar-refractivity contribution in [1.82, 2.24) is 9.71 Å². The summed E-state index contributed by atoms with van der Waals surface area (Å²) in [7, 11) is -1.92. The second kappa shape index (κ2) is 8.70. The van der Waals surface area contributed by atoms with Crippen molar-refractivity contribution in [1.29, 1.82) is 0 Å². The fourth-order valence-electron chi connectivity index (χ4n) is 2.16. The Kier molecular flexibility index (Phi) is 7.62.